The number of rotatable bonds is 0. The molecule has 0 unspecified atom stereocenters. The van der Waals surface area contributed by atoms with Crippen molar-refractivity contribution in [2.45, 2.75) is 31.5 Å². The van der Waals surface area contributed by atoms with Crippen molar-refractivity contribution < 1.29 is 4.74 Å². The van der Waals surface area contributed by atoms with Crippen LogP contribution in [-0.2, 0) is 11.2 Å². The first-order valence-corrected chi connectivity index (χ1v) is 4.68. The Bertz CT molecular complexity index is 306. The van der Waals surface area contributed by atoms with Gasteiger partial charge < -0.3 is 4.74 Å². The summed E-state index contributed by atoms with van der Waals surface area (Å²) in [6.45, 7) is 0. The predicted molar refractivity (Wildman–Crippen MR) is 47.0 cm³/mol. The lowest BCUT2D eigenvalue weighted by atomic mass is 10.0. The van der Waals surface area contributed by atoms with Gasteiger partial charge in [-0.1, -0.05) is 24.3 Å². The highest BCUT2D eigenvalue weighted by atomic mass is 16.6. The molecular weight excluding hydrogens is 148 g/mol. The van der Waals surface area contributed by atoms with E-state index in [0.29, 0.717) is 12.2 Å². The van der Waals surface area contributed by atoms with Crippen LogP contribution in [0.1, 0.15) is 30.1 Å². The summed E-state index contributed by atoms with van der Waals surface area (Å²) in [4.78, 5) is 0. The van der Waals surface area contributed by atoms with Gasteiger partial charge in [-0.05, 0) is 30.4 Å². The van der Waals surface area contributed by atoms with Crippen LogP contribution in [0.2, 0.25) is 0 Å². The van der Waals surface area contributed by atoms with Crippen molar-refractivity contribution in [3.05, 3.63) is 35.4 Å². The fraction of sp³-hybridized carbons (Fsp3) is 0.455. The van der Waals surface area contributed by atoms with E-state index in [4.69, 9.17) is 4.74 Å². The van der Waals surface area contributed by atoms with Crippen LogP contribution in [0.3, 0.4) is 0 Å². The molecule has 2 aliphatic rings. The summed E-state index contributed by atoms with van der Waals surface area (Å²) in [7, 11) is 0. The zero-order valence-electron chi connectivity index (χ0n) is 6.99. The number of hydrogen-bond acceptors (Lipinski definition) is 1. The standard InChI is InChI=1S/C11H12O/c1-2-6-9-8(4-1)5-3-7-10-11(9)12-10/h1-2,4,6,10-11H,3,5,7H2/t10-,11+/m1/s1. The van der Waals surface area contributed by atoms with E-state index in [1.807, 2.05) is 0 Å². The maximum absolute atomic E-state index is 5.58. The van der Waals surface area contributed by atoms with Crippen LogP contribution in [-0.4, -0.2) is 6.10 Å². The normalized spacial score (nSPS) is 31.7. The lowest BCUT2D eigenvalue weighted by Gasteiger charge is -2.03. The Labute approximate surface area is 72.4 Å². The third-order valence-corrected chi connectivity index (χ3v) is 2.88. The molecule has 1 nitrogen and oxygen atoms in total. The first-order valence-electron chi connectivity index (χ1n) is 4.68. The molecule has 0 spiro atoms. The van der Waals surface area contributed by atoms with Gasteiger partial charge in [0, 0.05) is 0 Å². The van der Waals surface area contributed by atoms with Gasteiger partial charge in [0.25, 0.3) is 0 Å². The number of aryl methyl sites for hydroxylation is 1. The number of ether oxygens (including phenoxy) is 1. The summed E-state index contributed by atoms with van der Waals surface area (Å²) in [6.07, 6.45) is 4.78. The van der Waals surface area contributed by atoms with Crippen LogP contribution in [0.25, 0.3) is 0 Å². The Morgan fingerprint density at radius 1 is 1.25 bits per heavy atom. The van der Waals surface area contributed by atoms with E-state index in [0.717, 1.165) is 0 Å². The van der Waals surface area contributed by atoms with E-state index in [1.54, 1.807) is 0 Å². The van der Waals surface area contributed by atoms with Crippen molar-refractivity contribution in [2.75, 3.05) is 0 Å². The highest BCUT2D eigenvalue weighted by Crippen LogP contribution is 2.45. The Hall–Kier alpha value is -0.820. The van der Waals surface area contributed by atoms with Gasteiger partial charge in [0.2, 0.25) is 0 Å². The fourth-order valence-corrected chi connectivity index (χ4v) is 2.17. The van der Waals surface area contributed by atoms with E-state index < -0.39 is 0 Å². The minimum absolute atomic E-state index is 0.448. The van der Waals surface area contributed by atoms with Crippen LogP contribution < -0.4 is 0 Å². The smallest absolute Gasteiger partial charge is 0.109 e. The van der Waals surface area contributed by atoms with Crippen molar-refractivity contribution >= 4 is 0 Å². The number of epoxide rings is 1. The Kier molecular flexibility index (Phi) is 1.30. The molecule has 0 bridgehead atoms. The molecule has 12 heavy (non-hydrogen) atoms. The molecule has 1 saturated heterocycles. The predicted octanol–water partition coefficient (Wildman–Crippen LogP) is 2.46. The third-order valence-electron chi connectivity index (χ3n) is 2.88. The topological polar surface area (TPSA) is 12.5 Å². The van der Waals surface area contributed by atoms with Crippen LogP contribution in [0.15, 0.2) is 24.3 Å². The highest BCUT2D eigenvalue weighted by molar-refractivity contribution is 5.33. The molecule has 62 valence electrons. The van der Waals surface area contributed by atoms with Crippen molar-refractivity contribution in [3.8, 4) is 0 Å². The van der Waals surface area contributed by atoms with Crippen molar-refractivity contribution in [3.63, 3.8) is 0 Å². The Morgan fingerprint density at radius 3 is 3.17 bits per heavy atom. The van der Waals surface area contributed by atoms with Crippen molar-refractivity contribution in [1.29, 1.82) is 0 Å². The first kappa shape index (κ1) is 6.67. The Balaban J connectivity index is 2.08. The summed E-state index contributed by atoms with van der Waals surface area (Å²) in [5.41, 5.74) is 2.95. The largest absolute Gasteiger partial charge is 0.364 e. The molecule has 1 aromatic carbocycles. The molecule has 0 N–H and O–H groups in total. The first-order chi connectivity index (χ1) is 5.95. The van der Waals surface area contributed by atoms with Crippen LogP contribution in [0, 0.1) is 0 Å². The molecule has 0 aromatic heterocycles. The fourth-order valence-electron chi connectivity index (χ4n) is 2.17. The van der Waals surface area contributed by atoms with E-state index >= 15 is 0 Å². The van der Waals surface area contributed by atoms with Crippen LogP contribution in [0.5, 0.6) is 0 Å². The van der Waals surface area contributed by atoms with Crippen molar-refractivity contribution in [2.24, 2.45) is 0 Å². The lowest BCUT2D eigenvalue weighted by molar-refractivity contribution is 0.357. The molecule has 1 heteroatoms. The van der Waals surface area contributed by atoms with E-state index in [-0.39, 0.29) is 0 Å². The van der Waals surface area contributed by atoms with Gasteiger partial charge in [-0.2, -0.15) is 0 Å². The molecule has 1 aliphatic heterocycles. The number of hydrogen-bond donors (Lipinski definition) is 0. The molecule has 2 atom stereocenters. The molecule has 3 rings (SSSR count). The van der Waals surface area contributed by atoms with Crippen molar-refractivity contribution in [1.82, 2.24) is 0 Å². The molecule has 0 saturated carbocycles. The maximum atomic E-state index is 5.58. The average molecular weight is 160 g/mol. The van der Waals surface area contributed by atoms with Gasteiger partial charge >= 0.3 is 0 Å². The van der Waals surface area contributed by atoms with Gasteiger partial charge in [0.1, 0.15) is 6.10 Å². The second-order valence-corrected chi connectivity index (χ2v) is 3.69. The number of benzene rings is 1. The highest BCUT2D eigenvalue weighted by Gasteiger charge is 2.41. The van der Waals surface area contributed by atoms with E-state index in [1.165, 1.54) is 30.4 Å². The zero-order valence-corrected chi connectivity index (χ0v) is 6.99. The molecule has 1 fully saturated rings. The Morgan fingerprint density at radius 2 is 2.17 bits per heavy atom. The van der Waals surface area contributed by atoms with E-state index in [2.05, 4.69) is 24.3 Å². The summed E-state index contributed by atoms with van der Waals surface area (Å²) in [6, 6.07) is 8.69. The lowest BCUT2D eigenvalue weighted by Crippen LogP contribution is -1.89. The quantitative estimate of drug-likeness (QED) is 0.531. The molecule has 1 aromatic rings. The third kappa shape index (κ3) is 0.896. The molecular formula is C11H12O. The minimum atomic E-state index is 0.448. The molecule has 1 heterocycles. The summed E-state index contributed by atoms with van der Waals surface area (Å²) < 4.78 is 5.58. The molecule has 1 aliphatic carbocycles. The van der Waals surface area contributed by atoms with Gasteiger partial charge in [0.15, 0.2) is 0 Å². The van der Waals surface area contributed by atoms with Gasteiger partial charge in [-0.3, -0.25) is 0 Å². The maximum Gasteiger partial charge on any atom is 0.109 e. The SMILES string of the molecule is c1ccc2c(c1)CCC[C@H]1O[C@@H]21. The summed E-state index contributed by atoms with van der Waals surface area (Å²) in [5.74, 6) is 0. The van der Waals surface area contributed by atoms with Gasteiger partial charge in [0.05, 0.1) is 6.10 Å². The van der Waals surface area contributed by atoms with Gasteiger partial charge in [-0.15, -0.1) is 0 Å². The zero-order chi connectivity index (χ0) is 7.97. The molecule has 0 amide bonds. The van der Waals surface area contributed by atoms with Crippen LogP contribution in [0.4, 0.5) is 0 Å². The number of fused-ring (bicyclic) bond motifs is 3. The monoisotopic (exact) mass is 160 g/mol. The average Bonchev–Trinajstić information content (AvgIpc) is 2.82. The second-order valence-electron chi connectivity index (χ2n) is 3.69. The van der Waals surface area contributed by atoms with E-state index in [9.17, 15) is 0 Å². The molecule has 0 radical (unpaired) electrons. The van der Waals surface area contributed by atoms with Crippen LogP contribution >= 0.6 is 0 Å². The summed E-state index contributed by atoms with van der Waals surface area (Å²) in [5, 5.41) is 0. The second kappa shape index (κ2) is 2.33. The van der Waals surface area contributed by atoms with Gasteiger partial charge in [-0.25, -0.2) is 0 Å². The minimum Gasteiger partial charge on any atom is -0.364 e. The summed E-state index contributed by atoms with van der Waals surface area (Å²) >= 11 is 0.